The zero-order chi connectivity index (χ0) is 15.6. The molecule has 0 saturated heterocycles. The fourth-order valence-electron chi connectivity index (χ4n) is 1.83. The molecule has 0 aliphatic heterocycles. The van der Waals surface area contributed by atoms with Crippen LogP contribution in [0.3, 0.4) is 0 Å². The molecule has 0 amide bonds. The van der Waals surface area contributed by atoms with Gasteiger partial charge in [0, 0.05) is 24.2 Å². The van der Waals surface area contributed by atoms with Gasteiger partial charge in [-0.1, -0.05) is 12.1 Å². The van der Waals surface area contributed by atoms with E-state index < -0.39 is 22.0 Å². The van der Waals surface area contributed by atoms with E-state index in [-0.39, 0.29) is 17.9 Å². The number of aromatic carboxylic acids is 1. The van der Waals surface area contributed by atoms with E-state index in [1.54, 1.807) is 13.0 Å². The van der Waals surface area contributed by atoms with Gasteiger partial charge in [-0.3, -0.25) is 14.9 Å². The number of aromatic nitrogens is 2. The number of nitro benzene ring substituents is 1. The monoisotopic (exact) mass is 289 g/mol. The maximum Gasteiger partial charge on any atom is 0.341 e. The number of carbonyl (C=O) groups is 1. The van der Waals surface area contributed by atoms with Crippen molar-refractivity contribution in [1.29, 1.82) is 0 Å². The summed E-state index contributed by atoms with van der Waals surface area (Å²) in [6.07, 6.45) is 0. The smallest absolute Gasteiger partial charge is 0.341 e. The maximum atomic E-state index is 11.8. The molecule has 0 atom stereocenters. The molecular formula is C13H11N3O5. The molecule has 0 bridgehead atoms. The Kier molecular flexibility index (Phi) is 3.79. The highest BCUT2D eigenvalue weighted by molar-refractivity contribution is 5.88. The fourth-order valence-corrected chi connectivity index (χ4v) is 1.83. The minimum Gasteiger partial charge on any atom is -0.477 e. The average Bonchev–Trinajstić information content (AvgIpc) is 2.47. The minimum atomic E-state index is -1.36. The molecule has 21 heavy (non-hydrogen) atoms. The Bertz CT molecular complexity index is 782. The van der Waals surface area contributed by atoms with Gasteiger partial charge in [-0.2, -0.15) is 5.10 Å². The Morgan fingerprint density at radius 3 is 2.71 bits per heavy atom. The van der Waals surface area contributed by atoms with Gasteiger partial charge in [-0.25, -0.2) is 9.48 Å². The molecule has 0 fully saturated rings. The second-order valence-electron chi connectivity index (χ2n) is 4.18. The molecule has 2 aromatic rings. The van der Waals surface area contributed by atoms with Crippen molar-refractivity contribution < 1.29 is 14.8 Å². The SMILES string of the molecule is CCn1nc(-c2cccc([N+](=O)[O-])c2)cc(C(=O)O)c1=O. The number of nitrogens with zero attached hydrogens (tertiary/aromatic N) is 3. The molecular weight excluding hydrogens is 278 g/mol. The Morgan fingerprint density at radius 2 is 2.14 bits per heavy atom. The van der Waals surface area contributed by atoms with E-state index in [4.69, 9.17) is 5.11 Å². The molecule has 0 unspecified atom stereocenters. The molecule has 0 spiro atoms. The van der Waals surface area contributed by atoms with E-state index >= 15 is 0 Å². The van der Waals surface area contributed by atoms with Crippen molar-refractivity contribution in [2.24, 2.45) is 0 Å². The van der Waals surface area contributed by atoms with Crippen LogP contribution in [0.2, 0.25) is 0 Å². The number of carboxylic acids is 1. The Hall–Kier alpha value is -3.03. The molecule has 0 aliphatic rings. The van der Waals surface area contributed by atoms with Gasteiger partial charge in [-0.05, 0) is 13.0 Å². The lowest BCUT2D eigenvalue weighted by molar-refractivity contribution is -0.384. The van der Waals surface area contributed by atoms with Gasteiger partial charge < -0.3 is 5.11 Å². The van der Waals surface area contributed by atoms with E-state index in [0.717, 1.165) is 10.7 Å². The van der Waals surface area contributed by atoms with Crippen LogP contribution in [-0.4, -0.2) is 25.8 Å². The molecule has 1 aromatic carbocycles. The van der Waals surface area contributed by atoms with Gasteiger partial charge in [-0.15, -0.1) is 0 Å². The van der Waals surface area contributed by atoms with Crippen LogP contribution in [0.1, 0.15) is 17.3 Å². The summed E-state index contributed by atoms with van der Waals surface area (Å²) < 4.78 is 1.01. The molecule has 1 aromatic heterocycles. The second-order valence-corrected chi connectivity index (χ2v) is 4.18. The summed E-state index contributed by atoms with van der Waals surface area (Å²) in [5.74, 6) is -1.36. The summed E-state index contributed by atoms with van der Waals surface area (Å²) in [5, 5.41) is 23.8. The van der Waals surface area contributed by atoms with Crippen LogP contribution in [-0.2, 0) is 6.54 Å². The van der Waals surface area contributed by atoms with Crippen molar-refractivity contribution in [2.45, 2.75) is 13.5 Å². The summed E-state index contributed by atoms with van der Waals surface area (Å²) in [6, 6.07) is 6.74. The highest BCUT2D eigenvalue weighted by Crippen LogP contribution is 2.22. The quantitative estimate of drug-likeness (QED) is 0.674. The van der Waals surface area contributed by atoms with Gasteiger partial charge in [0.25, 0.3) is 11.2 Å². The third-order valence-corrected chi connectivity index (χ3v) is 2.86. The van der Waals surface area contributed by atoms with Gasteiger partial charge in [0.15, 0.2) is 0 Å². The summed E-state index contributed by atoms with van der Waals surface area (Å²) in [4.78, 5) is 33.1. The van der Waals surface area contributed by atoms with Crippen LogP contribution in [0.15, 0.2) is 35.1 Å². The predicted octanol–water partition coefficient (Wildman–Crippen LogP) is 1.54. The van der Waals surface area contributed by atoms with Crippen molar-refractivity contribution in [3.8, 4) is 11.3 Å². The first-order chi connectivity index (χ1) is 9.93. The topological polar surface area (TPSA) is 115 Å². The van der Waals surface area contributed by atoms with Crippen LogP contribution in [0.25, 0.3) is 11.3 Å². The Balaban J connectivity index is 2.66. The van der Waals surface area contributed by atoms with Gasteiger partial charge >= 0.3 is 5.97 Å². The number of hydrogen-bond acceptors (Lipinski definition) is 5. The lowest BCUT2D eigenvalue weighted by atomic mass is 10.1. The third-order valence-electron chi connectivity index (χ3n) is 2.86. The fraction of sp³-hybridized carbons (Fsp3) is 0.154. The minimum absolute atomic E-state index is 0.138. The van der Waals surface area contributed by atoms with Crippen molar-refractivity contribution in [3.63, 3.8) is 0 Å². The molecule has 8 heteroatoms. The lowest BCUT2D eigenvalue weighted by Crippen LogP contribution is -2.28. The van der Waals surface area contributed by atoms with Crippen molar-refractivity contribution in [3.05, 3.63) is 56.4 Å². The third kappa shape index (κ3) is 2.78. The van der Waals surface area contributed by atoms with E-state index in [2.05, 4.69) is 5.10 Å². The molecule has 0 radical (unpaired) electrons. The molecule has 8 nitrogen and oxygen atoms in total. The zero-order valence-electron chi connectivity index (χ0n) is 11.0. The van der Waals surface area contributed by atoms with Crippen LogP contribution in [0, 0.1) is 10.1 Å². The zero-order valence-corrected chi connectivity index (χ0v) is 11.0. The number of rotatable bonds is 4. The first-order valence-electron chi connectivity index (χ1n) is 6.04. The van der Waals surface area contributed by atoms with Gasteiger partial charge in [0.1, 0.15) is 5.56 Å². The largest absolute Gasteiger partial charge is 0.477 e. The number of hydrogen-bond donors (Lipinski definition) is 1. The molecule has 1 N–H and O–H groups in total. The normalized spacial score (nSPS) is 10.3. The van der Waals surface area contributed by atoms with E-state index in [0.29, 0.717) is 5.56 Å². The van der Waals surface area contributed by atoms with Crippen molar-refractivity contribution in [2.75, 3.05) is 0 Å². The first-order valence-corrected chi connectivity index (χ1v) is 6.04. The standard InChI is InChI=1S/C13H11N3O5/c1-2-15-12(17)10(13(18)19)7-11(14-15)8-4-3-5-9(6-8)16(20)21/h3-7H,2H2,1H3,(H,18,19). The predicted molar refractivity (Wildman–Crippen MR) is 73.2 cm³/mol. The van der Waals surface area contributed by atoms with Crippen LogP contribution < -0.4 is 5.56 Å². The number of nitro groups is 1. The summed E-state index contributed by atoms with van der Waals surface area (Å²) in [5.41, 5.74) is -0.709. The number of benzene rings is 1. The van der Waals surface area contributed by atoms with E-state index in [9.17, 15) is 19.7 Å². The first kappa shape index (κ1) is 14.4. The molecule has 108 valence electrons. The van der Waals surface area contributed by atoms with Crippen LogP contribution >= 0.6 is 0 Å². The maximum absolute atomic E-state index is 11.8. The number of aryl methyl sites for hydroxylation is 1. The van der Waals surface area contributed by atoms with Crippen LogP contribution in [0.5, 0.6) is 0 Å². The summed E-state index contributed by atoms with van der Waals surface area (Å²) in [7, 11) is 0. The summed E-state index contributed by atoms with van der Waals surface area (Å²) in [6.45, 7) is 1.85. The van der Waals surface area contributed by atoms with Crippen LogP contribution in [0.4, 0.5) is 5.69 Å². The number of carboxylic acid groups (broad SMARTS) is 1. The van der Waals surface area contributed by atoms with Crippen molar-refractivity contribution in [1.82, 2.24) is 9.78 Å². The Labute approximate surface area is 118 Å². The molecule has 1 heterocycles. The Morgan fingerprint density at radius 1 is 1.43 bits per heavy atom. The molecule has 0 saturated carbocycles. The highest BCUT2D eigenvalue weighted by Gasteiger charge is 2.16. The molecule has 2 rings (SSSR count). The van der Waals surface area contributed by atoms with E-state index in [1.807, 2.05) is 0 Å². The number of non-ortho nitro benzene ring substituents is 1. The summed E-state index contributed by atoms with van der Waals surface area (Å²) >= 11 is 0. The highest BCUT2D eigenvalue weighted by atomic mass is 16.6. The second kappa shape index (κ2) is 5.53. The molecule has 0 aliphatic carbocycles. The van der Waals surface area contributed by atoms with Gasteiger partial charge in [0.2, 0.25) is 0 Å². The van der Waals surface area contributed by atoms with E-state index in [1.165, 1.54) is 18.2 Å². The van der Waals surface area contributed by atoms with Gasteiger partial charge in [0.05, 0.1) is 10.6 Å². The lowest BCUT2D eigenvalue weighted by Gasteiger charge is -2.07. The van der Waals surface area contributed by atoms with Crippen molar-refractivity contribution >= 4 is 11.7 Å². The average molecular weight is 289 g/mol.